The number of nitrogens with two attached hydrogens (primary N) is 1. The standard InChI is InChI=1S/C16H22N2O/c1-5-16(3,4)10-19-14-8-6-7-13-15(14)12(17)9-11(2)18-13/h6-9H,5,10H2,1-4H3,(H2,17,18). The second-order valence-corrected chi connectivity index (χ2v) is 5.81. The predicted molar refractivity (Wildman–Crippen MR) is 80.5 cm³/mol. The van der Waals surface area contributed by atoms with Gasteiger partial charge in [0.1, 0.15) is 5.75 Å². The van der Waals surface area contributed by atoms with E-state index in [1.807, 2.05) is 31.2 Å². The van der Waals surface area contributed by atoms with E-state index in [1.54, 1.807) is 0 Å². The van der Waals surface area contributed by atoms with Crippen molar-refractivity contribution in [1.82, 2.24) is 4.98 Å². The molecule has 0 aliphatic heterocycles. The highest BCUT2D eigenvalue weighted by Crippen LogP contribution is 2.31. The molecule has 0 unspecified atom stereocenters. The Morgan fingerprint density at radius 1 is 1.32 bits per heavy atom. The summed E-state index contributed by atoms with van der Waals surface area (Å²) in [6.45, 7) is 9.19. The molecule has 2 rings (SSSR count). The average Bonchev–Trinajstić information content (AvgIpc) is 2.35. The van der Waals surface area contributed by atoms with Crippen LogP contribution in [0.4, 0.5) is 5.69 Å². The molecule has 0 atom stereocenters. The van der Waals surface area contributed by atoms with Crippen molar-refractivity contribution in [1.29, 1.82) is 0 Å². The molecular weight excluding hydrogens is 236 g/mol. The topological polar surface area (TPSA) is 48.1 Å². The Balaban J connectivity index is 2.39. The minimum Gasteiger partial charge on any atom is -0.492 e. The fourth-order valence-corrected chi connectivity index (χ4v) is 1.92. The summed E-state index contributed by atoms with van der Waals surface area (Å²) in [5.41, 5.74) is 8.82. The number of benzene rings is 1. The molecular formula is C16H22N2O. The highest BCUT2D eigenvalue weighted by molar-refractivity contribution is 5.95. The van der Waals surface area contributed by atoms with E-state index < -0.39 is 0 Å². The Bertz CT molecular complexity index is 591. The van der Waals surface area contributed by atoms with Crippen LogP contribution in [0.5, 0.6) is 5.75 Å². The Hall–Kier alpha value is -1.77. The molecule has 0 spiro atoms. The molecule has 2 aromatic rings. The Kier molecular flexibility index (Phi) is 3.65. The summed E-state index contributed by atoms with van der Waals surface area (Å²) in [5.74, 6) is 0.823. The average molecular weight is 258 g/mol. The fraction of sp³-hybridized carbons (Fsp3) is 0.438. The summed E-state index contributed by atoms with van der Waals surface area (Å²) in [6, 6.07) is 7.78. The van der Waals surface area contributed by atoms with Crippen molar-refractivity contribution < 1.29 is 4.74 Å². The van der Waals surface area contributed by atoms with Crippen LogP contribution in [0.1, 0.15) is 32.9 Å². The molecule has 0 fully saturated rings. The van der Waals surface area contributed by atoms with Crippen LogP contribution >= 0.6 is 0 Å². The molecule has 0 radical (unpaired) electrons. The fourth-order valence-electron chi connectivity index (χ4n) is 1.92. The molecule has 3 heteroatoms. The van der Waals surface area contributed by atoms with Crippen LogP contribution in [0.15, 0.2) is 24.3 Å². The van der Waals surface area contributed by atoms with Gasteiger partial charge in [0.15, 0.2) is 0 Å². The third-order valence-corrected chi connectivity index (χ3v) is 3.53. The van der Waals surface area contributed by atoms with E-state index in [0.29, 0.717) is 6.61 Å². The number of ether oxygens (including phenoxy) is 1. The Labute approximate surface area is 114 Å². The monoisotopic (exact) mass is 258 g/mol. The zero-order valence-electron chi connectivity index (χ0n) is 12.2. The highest BCUT2D eigenvalue weighted by Gasteiger charge is 2.17. The van der Waals surface area contributed by atoms with Gasteiger partial charge in [-0.05, 0) is 37.0 Å². The summed E-state index contributed by atoms with van der Waals surface area (Å²) in [5, 5.41) is 0.917. The van der Waals surface area contributed by atoms with Gasteiger partial charge in [0.25, 0.3) is 0 Å². The molecule has 19 heavy (non-hydrogen) atoms. The number of rotatable bonds is 4. The van der Waals surface area contributed by atoms with Crippen molar-refractivity contribution in [2.45, 2.75) is 34.1 Å². The Morgan fingerprint density at radius 2 is 2.05 bits per heavy atom. The second kappa shape index (κ2) is 5.08. The summed E-state index contributed by atoms with van der Waals surface area (Å²) >= 11 is 0. The van der Waals surface area contributed by atoms with Crippen LogP contribution in [0.25, 0.3) is 10.9 Å². The van der Waals surface area contributed by atoms with Gasteiger partial charge >= 0.3 is 0 Å². The minimum absolute atomic E-state index is 0.162. The summed E-state index contributed by atoms with van der Waals surface area (Å²) < 4.78 is 5.98. The first kappa shape index (κ1) is 13.7. The number of hydrogen-bond donors (Lipinski definition) is 1. The normalized spacial score (nSPS) is 11.8. The molecule has 0 saturated heterocycles. The van der Waals surface area contributed by atoms with Gasteiger partial charge in [-0.2, -0.15) is 0 Å². The molecule has 0 aliphatic carbocycles. The summed E-state index contributed by atoms with van der Waals surface area (Å²) in [4.78, 5) is 4.50. The van der Waals surface area contributed by atoms with Gasteiger partial charge in [-0.25, -0.2) is 0 Å². The SMILES string of the molecule is CCC(C)(C)COc1cccc2nc(C)cc(N)c12. The lowest BCUT2D eigenvalue weighted by Gasteiger charge is -2.23. The van der Waals surface area contributed by atoms with Crippen molar-refractivity contribution in [3.05, 3.63) is 30.0 Å². The van der Waals surface area contributed by atoms with Gasteiger partial charge in [-0.3, -0.25) is 4.98 Å². The number of aryl methyl sites for hydroxylation is 1. The third kappa shape index (κ3) is 2.98. The summed E-state index contributed by atoms with van der Waals surface area (Å²) in [7, 11) is 0. The third-order valence-electron chi connectivity index (χ3n) is 3.53. The van der Waals surface area contributed by atoms with E-state index in [0.717, 1.165) is 34.5 Å². The highest BCUT2D eigenvalue weighted by atomic mass is 16.5. The van der Waals surface area contributed by atoms with Crippen LogP contribution in [-0.4, -0.2) is 11.6 Å². The molecule has 1 aromatic heterocycles. The van der Waals surface area contributed by atoms with Crippen molar-refractivity contribution in [3.8, 4) is 5.75 Å². The number of nitrogen functional groups attached to an aromatic ring is 1. The number of hydrogen-bond acceptors (Lipinski definition) is 3. The number of aromatic nitrogens is 1. The molecule has 1 heterocycles. The van der Waals surface area contributed by atoms with Crippen molar-refractivity contribution in [3.63, 3.8) is 0 Å². The van der Waals surface area contributed by atoms with E-state index in [1.165, 1.54) is 0 Å². The maximum atomic E-state index is 6.11. The van der Waals surface area contributed by atoms with E-state index in [-0.39, 0.29) is 5.41 Å². The molecule has 0 saturated carbocycles. The first-order valence-corrected chi connectivity index (χ1v) is 6.71. The van der Waals surface area contributed by atoms with Crippen molar-refractivity contribution >= 4 is 16.6 Å². The lowest BCUT2D eigenvalue weighted by atomic mass is 9.92. The number of fused-ring (bicyclic) bond motifs is 1. The van der Waals surface area contributed by atoms with Gasteiger partial charge in [-0.1, -0.05) is 26.8 Å². The molecule has 0 bridgehead atoms. The van der Waals surface area contributed by atoms with Crippen LogP contribution in [0.3, 0.4) is 0 Å². The van der Waals surface area contributed by atoms with Gasteiger partial charge in [0.05, 0.1) is 17.5 Å². The maximum absolute atomic E-state index is 6.11. The second-order valence-electron chi connectivity index (χ2n) is 5.81. The largest absolute Gasteiger partial charge is 0.492 e. The van der Waals surface area contributed by atoms with E-state index in [9.17, 15) is 0 Å². The van der Waals surface area contributed by atoms with E-state index in [4.69, 9.17) is 10.5 Å². The van der Waals surface area contributed by atoms with Crippen molar-refractivity contribution in [2.24, 2.45) is 5.41 Å². The lowest BCUT2D eigenvalue weighted by Crippen LogP contribution is -2.20. The smallest absolute Gasteiger partial charge is 0.130 e. The zero-order chi connectivity index (χ0) is 14.0. The molecule has 2 N–H and O–H groups in total. The number of anilines is 1. The zero-order valence-corrected chi connectivity index (χ0v) is 12.2. The van der Waals surface area contributed by atoms with Crippen molar-refractivity contribution in [2.75, 3.05) is 12.3 Å². The molecule has 1 aromatic carbocycles. The first-order valence-electron chi connectivity index (χ1n) is 6.71. The van der Waals surface area contributed by atoms with Crippen LogP contribution in [0.2, 0.25) is 0 Å². The number of pyridine rings is 1. The molecule has 102 valence electrons. The predicted octanol–water partition coefficient (Wildman–Crippen LogP) is 3.94. The maximum Gasteiger partial charge on any atom is 0.130 e. The van der Waals surface area contributed by atoms with E-state index in [2.05, 4.69) is 25.8 Å². The molecule has 0 aliphatic rings. The first-order chi connectivity index (χ1) is 8.93. The van der Waals surface area contributed by atoms with Crippen LogP contribution < -0.4 is 10.5 Å². The number of nitrogens with zero attached hydrogens (tertiary/aromatic N) is 1. The molecule has 0 amide bonds. The van der Waals surface area contributed by atoms with Gasteiger partial charge in [-0.15, -0.1) is 0 Å². The van der Waals surface area contributed by atoms with Gasteiger partial charge in [0, 0.05) is 11.4 Å². The summed E-state index contributed by atoms with van der Waals surface area (Å²) in [6.07, 6.45) is 1.07. The lowest BCUT2D eigenvalue weighted by molar-refractivity contribution is 0.177. The van der Waals surface area contributed by atoms with Gasteiger partial charge in [0.2, 0.25) is 0 Å². The molecule has 3 nitrogen and oxygen atoms in total. The van der Waals surface area contributed by atoms with Crippen LogP contribution in [-0.2, 0) is 0 Å². The quantitative estimate of drug-likeness (QED) is 0.903. The van der Waals surface area contributed by atoms with Gasteiger partial charge < -0.3 is 10.5 Å². The Morgan fingerprint density at radius 3 is 2.74 bits per heavy atom. The minimum atomic E-state index is 0.162. The van der Waals surface area contributed by atoms with E-state index >= 15 is 0 Å². The van der Waals surface area contributed by atoms with Crippen LogP contribution in [0, 0.1) is 12.3 Å².